The van der Waals surface area contributed by atoms with E-state index in [-0.39, 0.29) is 35.5 Å². The van der Waals surface area contributed by atoms with Gasteiger partial charge < -0.3 is 10.1 Å². The van der Waals surface area contributed by atoms with Crippen LogP contribution in [0.2, 0.25) is 0 Å². The van der Waals surface area contributed by atoms with E-state index in [2.05, 4.69) is 5.32 Å². The van der Waals surface area contributed by atoms with Crippen molar-refractivity contribution in [1.29, 1.82) is 5.26 Å². The number of hydrogen-bond acceptors (Lipinski definition) is 5. The SMILES string of the molecule is COc1cccc(-c2c(C)n(Cc3c(F)cccc3C(F)(F)F)c(=O)n(CC(NCCCC#N)c3ccccc3)c2=O)c1F. The number of nitrogens with one attached hydrogen (secondary N) is 1. The van der Waals surface area contributed by atoms with Gasteiger partial charge in [-0.05, 0) is 43.7 Å². The highest BCUT2D eigenvalue weighted by Gasteiger charge is 2.35. The fourth-order valence-corrected chi connectivity index (χ4v) is 5.06. The number of nitriles is 1. The van der Waals surface area contributed by atoms with Crippen LogP contribution in [-0.4, -0.2) is 22.8 Å². The van der Waals surface area contributed by atoms with Crippen LogP contribution in [0.3, 0.4) is 0 Å². The van der Waals surface area contributed by atoms with Crippen LogP contribution < -0.4 is 21.3 Å². The standard InChI is InChI=1S/C32H29F5N4O3/c1-20-28(22-12-8-15-27(44-2)29(22)34)30(42)41(19-26(39-17-7-6-16-38)21-10-4-3-5-11-21)31(43)40(20)18-23-24(32(35,36)37)13-9-14-25(23)33/h3-5,8-15,26,39H,6-7,17-19H2,1-2H3. The molecule has 0 saturated carbocycles. The largest absolute Gasteiger partial charge is 0.494 e. The third kappa shape index (κ3) is 6.73. The molecule has 0 spiro atoms. The van der Waals surface area contributed by atoms with Crippen molar-refractivity contribution in [1.82, 2.24) is 14.5 Å². The lowest BCUT2D eigenvalue weighted by Crippen LogP contribution is -2.45. The van der Waals surface area contributed by atoms with Gasteiger partial charge in [0.05, 0.1) is 43.4 Å². The summed E-state index contributed by atoms with van der Waals surface area (Å²) in [5, 5.41) is 12.1. The van der Waals surface area contributed by atoms with E-state index >= 15 is 4.39 Å². The maximum Gasteiger partial charge on any atom is 0.416 e. The smallest absolute Gasteiger partial charge is 0.416 e. The predicted octanol–water partition coefficient (Wildman–Crippen LogP) is 5.97. The number of hydrogen-bond donors (Lipinski definition) is 1. The van der Waals surface area contributed by atoms with Crippen LogP contribution >= 0.6 is 0 Å². The zero-order valence-electron chi connectivity index (χ0n) is 23.9. The molecule has 230 valence electrons. The van der Waals surface area contributed by atoms with Crippen LogP contribution in [-0.2, 0) is 19.3 Å². The van der Waals surface area contributed by atoms with Gasteiger partial charge in [0, 0.05) is 23.2 Å². The van der Waals surface area contributed by atoms with E-state index in [1.165, 1.54) is 32.2 Å². The lowest BCUT2D eigenvalue weighted by molar-refractivity contribution is -0.138. The number of rotatable bonds is 11. The summed E-state index contributed by atoms with van der Waals surface area (Å²) < 4.78 is 78.9. The summed E-state index contributed by atoms with van der Waals surface area (Å²) in [5.74, 6) is -2.30. The van der Waals surface area contributed by atoms with Crippen molar-refractivity contribution in [3.05, 3.63) is 122 Å². The molecule has 1 aromatic heterocycles. The number of aromatic nitrogens is 2. The number of unbranched alkanes of at least 4 members (excludes halogenated alkanes) is 1. The van der Waals surface area contributed by atoms with Gasteiger partial charge in [-0.2, -0.15) is 18.4 Å². The highest BCUT2D eigenvalue weighted by molar-refractivity contribution is 5.67. The minimum atomic E-state index is -4.93. The molecule has 0 radical (unpaired) electrons. The van der Waals surface area contributed by atoms with Gasteiger partial charge in [-0.25, -0.2) is 13.6 Å². The summed E-state index contributed by atoms with van der Waals surface area (Å²) in [7, 11) is 1.23. The molecule has 1 N–H and O–H groups in total. The zero-order valence-corrected chi connectivity index (χ0v) is 23.9. The zero-order chi connectivity index (χ0) is 32.0. The Hall–Kier alpha value is -4.76. The molecule has 1 unspecified atom stereocenters. The van der Waals surface area contributed by atoms with Crippen molar-refractivity contribution >= 4 is 0 Å². The molecule has 0 amide bonds. The van der Waals surface area contributed by atoms with Crippen molar-refractivity contribution in [2.45, 2.75) is 45.1 Å². The molecule has 4 aromatic rings. The highest BCUT2D eigenvalue weighted by Crippen LogP contribution is 2.34. The molecule has 44 heavy (non-hydrogen) atoms. The molecule has 4 rings (SSSR count). The topological polar surface area (TPSA) is 89.0 Å². The summed E-state index contributed by atoms with van der Waals surface area (Å²) >= 11 is 0. The van der Waals surface area contributed by atoms with E-state index in [1.807, 2.05) is 6.07 Å². The first kappa shape index (κ1) is 32.2. The molecule has 0 bridgehead atoms. The van der Waals surface area contributed by atoms with Crippen LogP contribution in [0, 0.1) is 29.9 Å². The Morgan fingerprint density at radius 1 is 0.977 bits per heavy atom. The minimum absolute atomic E-state index is 0.155. The normalized spacial score (nSPS) is 12.1. The molecule has 1 atom stereocenters. The summed E-state index contributed by atoms with van der Waals surface area (Å²) in [4.78, 5) is 28.0. The molecule has 12 heteroatoms. The van der Waals surface area contributed by atoms with Gasteiger partial charge in [0.15, 0.2) is 11.6 Å². The number of benzene rings is 3. The van der Waals surface area contributed by atoms with Crippen molar-refractivity contribution in [3.8, 4) is 22.9 Å². The quantitative estimate of drug-likeness (QED) is 0.167. The number of methoxy groups -OCH3 is 1. The summed E-state index contributed by atoms with van der Waals surface area (Å²) in [6.07, 6.45) is -4.20. The Bertz CT molecular complexity index is 1790. The van der Waals surface area contributed by atoms with Gasteiger partial charge in [-0.3, -0.25) is 13.9 Å². The minimum Gasteiger partial charge on any atom is -0.494 e. The Morgan fingerprint density at radius 3 is 2.34 bits per heavy atom. The second-order valence-electron chi connectivity index (χ2n) is 10.0. The van der Waals surface area contributed by atoms with Gasteiger partial charge in [0.25, 0.3) is 5.56 Å². The van der Waals surface area contributed by atoms with Crippen molar-refractivity contribution in [2.24, 2.45) is 0 Å². The van der Waals surface area contributed by atoms with Gasteiger partial charge >= 0.3 is 11.9 Å². The van der Waals surface area contributed by atoms with Crippen molar-refractivity contribution < 1.29 is 26.7 Å². The Kier molecular flexibility index (Phi) is 10.0. The van der Waals surface area contributed by atoms with E-state index in [9.17, 15) is 27.2 Å². The van der Waals surface area contributed by atoms with Gasteiger partial charge in [-0.1, -0.05) is 48.5 Å². The number of halogens is 5. The highest BCUT2D eigenvalue weighted by atomic mass is 19.4. The molecule has 0 fully saturated rings. The predicted molar refractivity (Wildman–Crippen MR) is 154 cm³/mol. The van der Waals surface area contributed by atoms with Crippen LogP contribution in [0.4, 0.5) is 22.0 Å². The third-order valence-corrected chi connectivity index (χ3v) is 7.30. The first-order valence-electron chi connectivity index (χ1n) is 13.7. The molecule has 7 nitrogen and oxygen atoms in total. The number of nitrogens with zero attached hydrogens (tertiary/aromatic N) is 3. The number of ether oxygens (including phenoxy) is 1. The lowest BCUT2D eigenvalue weighted by Gasteiger charge is -2.23. The Labute approximate surface area is 249 Å². The van der Waals surface area contributed by atoms with E-state index in [1.54, 1.807) is 30.3 Å². The monoisotopic (exact) mass is 612 g/mol. The molecule has 3 aromatic carbocycles. The Balaban J connectivity index is 1.97. The van der Waals surface area contributed by atoms with E-state index in [4.69, 9.17) is 10.00 Å². The van der Waals surface area contributed by atoms with Crippen molar-refractivity contribution in [3.63, 3.8) is 0 Å². The number of alkyl halides is 3. The fourth-order valence-electron chi connectivity index (χ4n) is 5.06. The van der Waals surface area contributed by atoms with E-state index < -0.39 is 52.8 Å². The third-order valence-electron chi connectivity index (χ3n) is 7.30. The fraction of sp³-hybridized carbons (Fsp3) is 0.281. The molecule has 0 aliphatic rings. The molecule has 0 aliphatic heterocycles. The summed E-state index contributed by atoms with van der Waals surface area (Å²) in [6, 6.07) is 16.7. The van der Waals surface area contributed by atoms with Gasteiger partial charge in [-0.15, -0.1) is 0 Å². The molecule has 0 aliphatic carbocycles. The van der Waals surface area contributed by atoms with Gasteiger partial charge in [0.2, 0.25) is 0 Å². The second kappa shape index (κ2) is 13.7. The maximum atomic E-state index is 15.6. The van der Waals surface area contributed by atoms with Crippen LogP contribution in [0.1, 0.15) is 41.3 Å². The lowest BCUT2D eigenvalue weighted by atomic mass is 10.0. The van der Waals surface area contributed by atoms with E-state index in [0.717, 1.165) is 21.3 Å². The molecular formula is C32H29F5N4O3. The summed E-state index contributed by atoms with van der Waals surface area (Å²) in [5.41, 5.74) is -3.97. The summed E-state index contributed by atoms with van der Waals surface area (Å²) in [6.45, 7) is 0.473. The van der Waals surface area contributed by atoms with Gasteiger partial charge in [0.1, 0.15) is 5.82 Å². The second-order valence-corrected chi connectivity index (χ2v) is 10.0. The van der Waals surface area contributed by atoms with Crippen LogP contribution in [0.15, 0.2) is 76.3 Å². The average molecular weight is 613 g/mol. The van der Waals surface area contributed by atoms with E-state index in [0.29, 0.717) is 24.6 Å². The van der Waals surface area contributed by atoms with Crippen LogP contribution in [0.25, 0.3) is 11.1 Å². The Morgan fingerprint density at radius 2 is 1.68 bits per heavy atom. The molecular weight excluding hydrogens is 583 g/mol. The maximum absolute atomic E-state index is 15.6. The molecule has 1 heterocycles. The first-order valence-corrected chi connectivity index (χ1v) is 13.7. The van der Waals surface area contributed by atoms with Crippen LogP contribution in [0.5, 0.6) is 5.75 Å². The molecule has 0 saturated heterocycles. The van der Waals surface area contributed by atoms with Crippen molar-refractivity contribution in [2.75, 3.05) is 13.7 Å². The average Bonchev–Trinajstić information content (AvgIpc) is 3.00. The first-order chi connectivity index (χ1) is 21.0.